The molecule has 3 aromatic carbocycles. The molecule has 1 atom stereocenters. The van der Waals surface area contributed by atoms with Gasteiger partial charge in [0.05, 0.1) is 0 Å². The fourth-order valence-corrected chi connectivity index (χ4v) is 3.46. The Hall–Kier alpha value is -2.87. The molecule has 3 aromatic rings. The van der Waals surface area contributed by atoms with Gasteiger partial charge in [-0.25, -0.2) is 4.99 Å². The van der Waals surface area contributed by atoms with Crippen molar-refractivity contribution in [2.24, 2.45) is 4.99 Å². The van der Waals surface area contributed by atoms with Crippen molar-refractivity contribution in [3.63, 3.8) is 0 Å². The molecule has 0 radical (unpaired) electrons. The fourth-order valence-electron chi connectivity index (χ4n) is 3.46. The van der Waals surface area contributed by atoms with Crippen LogP contribution < -0.4 is 0 Å². The molecule has 2 heteroatoms. The summed E-state index contributed by atoms with van der Waals surface area (Å²) in [6.07, 6.45) is 2.45. The van der Waals surface area contributed by atoms with Gasteiger partial charge in [0.2, 0.25) is 0 Å². The number of hydrogen-bond donors (Lipinski definition) is 0. The lowest BCUT2D eigenvalue weighted by molar-refractivity contribution is 0.104. The largest absolute Gasteiger partial charge is 0.465 e. The molecule has 0 spiro atoms. The third-order valence-corrected chi connectivity index (χ3v) is 4.63. The van der Waals surface area contributed by atoms with Crippen LogP contribution in [0.1, 0.15) is 16.7 Å². The highest BCUT2D eigenvalue weighted by atomic mass is 16.5. The van der Waals surface area contributed by atoms with Crippen LogP contribution in [-0.4, -0.2) is 12.4 Å². The molecule has 0 aromatic heterocycles. The van der Waals surface area contributed by atoms with Gasteiger partial charge in [0, 0.05) is 11.1 Å². The molecule has 4 rings (SSSR count). The third-order valence-electron chi connectivity index (χ3n) is 4.63. The van der Waals surface area contributed by atoms with E-state index in [0.717, 1.165) is 17.5 Å². The lowest BCUT2D eigenvalue weighted by Crippen LogP contribution is -2.39. The van der Waals surface area contributed by atoms with Gasteiger partial charge in [-0.3, -0.25) is 0 Å². The smallest absolute Gasteiger partial charge is 0.183 e. The molecule has 24 heavy (non-hydrogen) atoms. The first-order valence-corrected chi connectivity index (χ1v) is 8.24. The molecule has 0 saturated heterocycles. The normalized spacial score (nSPS) is 18.2. The summed E-state index contributed by atoms with van der Waals surface area (Å²) in [5.74, 6) is 0. The molecule has 0 aliphatic carbocycles. The highest BCUT2D eigenvalue weighted by Gasteiger charge is 2.46. The zero-order valence-electron chi connectivity index (χ0n) is 13.4. The Kier molecular flexibility index (Phi) is 3.87. The Morgan fingerprint density at radius 1 is 0.708 bits per heavy atom. The van der Waals surface area contributed by atoms with E-state index in [2.05, 4.69) is 72.8 Å². The molecule has 0 unspecified atom stereocenters. The maximum absolute atomic E-state index is 6.21. The maximum atomic E-state index is 6.21. The Labute approximate surface area is 142 Å². The molecule has 0 saturated carbocycles. The molecule has 2 nitrogen and oxygen atoms in total. The number of hydrogen-bond acceptors (Lipinski definition) is 2. The zero-order valence-corrected chi connectivity index (χ0v) is 13.4. The van der Waals surface area contributed by atoms with Crippen molar-refractivity contribution in [2.75, 3.05) is 0 Å². The third kappa shape index (κ3) is 2.50. The topological polar surface area (TPSA) is 21.6 Å². The van der Waals surface area contributed by atoms with E-state index in [-0.39, 0.29) is 6.04 Å². The fraction of sp³-hybridized carbons (Fsp3) is 0.136. The zero-order chi connectivity index (χ0) is 16.2. The monoisotopic (exact) mass is 313 g/mol. The van der Waals surface area contributed by atoms with E-state index >= 15 is 0 Å². The summed E-state index contributed by atoms with van der Waals surface area (Å²) in [6, 6.07) is 31.3. The minimum Gasteiger partial charge on any atom is -0.465 e. The second kappa shape index (κ2) is 6.32. The molecule has 0 N–H and O–H groups in total. The Balaban J connectivity index is 1.81. The minimum atomic E-state index is -0.571. The van der Waals surface area contributed by atoms with Gasteiger partial charge < -0.3 is 4.74 Å². The highest BCUT2D eigenvalue weighted by molar-refractivity contribution is 5.57. The lowest BCUT2D eigenvalue weighted by atomic mass is 9.78. The van der Waals surface area contributed by atoms with Crippen LogP contribution in [0.15, 0.2) is 96.0 Å². The van der Waals surface area contributed by atoms with Gasteiger partial charge in [-0.15, -0.1) is 0 Å². The van der Waals surface area contributed by atoms with Crippen molar-refractivity contribution in [3.8, 4) is 0 Å². The van der Waals surface area contributed by atoms with E-state index in [4.69, 9.17) is 9.73 Å². The molecular weight excluding hydrogens is 294 g/mol. The maximum Gasteiger partial charge on any atom is 0.183 e. The van der Waals surface area contributed by atoms with Crippen LogP contribution in [0.3, 0.4) is 0 Å². The van der Waals surface area contributed by atoms with E-state index in [1.165, 1.54) is 5.56 Å². The van der Waals surface area contributed by atoms with Crippen molar-refractivity contribution in [2.45, 2.75) is 18.1 Å². The predicted octanol–water partition coefficient (Wildman–Crippen LogP) is 4.60. The van der Waals surface area contributed by atoms with Gasteiger partial charge in [-0.05, 0) is 12.0 Å². The van der Waals surface area contributed by atoms with E-state index in [9.17, 15) is 0 Å². The van der Waals surface area contributed by atoms with E-state index in [1.54, 1.807) is 6.40 Å². The average Bonchev–Trinajstić information content (AvgIpc) is 3.08. The summed E-state index contributed by atoms with van der Waals surface area (Å²) >= 11 is 0. The first-order valence-electron chi connectivity index (χ1n) is 8.24. The molecule has 0 fully saturated rings. The Morgan fingerprint density at radius 3 is 1.75 bits per heavy atom. The van der Waals surface area contributed by atoms with Gasteiger partial charge in [-0.1, -0.05) is 91.0 Å². The van der Waals surface area contributed by atoms with Gasteiger partial charge >= 0.3 is 0 Å². The SMILES string of the molecule is C1=N[C@H](Cc2ccccc2)C(c2ccccc2)(c2ccccc2)O1. The standard InChI is InChI=1S/C22H19NO/c1-4-10-18(11-5-1)16-21-22(24-17-23-21,19-12-6-2-7-13-19)20-14-8-3-9-15-20/h1-15,17,21H,16H2/t21-/m1/s1. The van der Waals surface area contributed by atoms with Crippen LogP contribution >= 0.6 is 0 Å². The van der Waals surface area contributed by atoms with Crippen molar-refractivity contribution >= 4 is 6.40 Å². The predicted molar refractivity (Wildman–Crippen MR) is 97.2 cm³/mol. The summed E-state index contributed by atoms with van der Waals surface area (Å²) < 4.78 is 6.21. The number of aliphatic imine (C=N–C) groups is 1. The minimum absolute atomic E-state index is 0.00435. The Morgan fingerprint density at radius 2 is 1.21 bits per heavy atom. The second-order valence-electron chi connectivity index (χ2n) is 6.05. The van der Waals surface area contributed by atoms with E-state index < -0.39 is 5.60 Å². The van der Waals surface area contributed by atoms with Crippen molar-refractivity contribution in [3.05, 3.63) is 108 Å². The molecule has 118 valence electrons. The molecule has 0 amide bonds. The van der Waals surface area contributed by atoms with Crippen LogP contribution in [0.2, 0.25) is 0 Å². The van der Waals surface area contributed by atoms with Crippen molar-refractivity contribution in [1.82, 2.24) is 0 Å². The molecular formula is C22H19NO. The second-order valence-corrected chi connectivity index (χ2v) is 6.05. The number of rotatable bonds is 4. The lowest BCUT2D eigenvalue weighted by Gasteiger charge is -2.34. The van der Waals surface area contributed by atoms with E-state index in [0.29, 0.717) is 0 Å². The first-order chi connectivity index (χ1) is 11.9. The van der Waals surface area contributed by atoms with Crippen LogP contribution in [0, 0.1) is 0 Å². The summed E-state index contributed by atoms with van der Waals surface area (Å²) in [7, 11) is 0. The number of ether oxygens (including phenoxy) is 1. The summed E-state index contributed by atoms with van der Waals surface area (Å²) in [4.78, 5) is 4.69. The van der Waals surface area contributed by atoms with Crippen molar-refractivity contribution in [1.29, 1.82) is 0 Å². The first kappa shape index (κ1) is 14.7. The average molecular weight is 313 g/mol. The van der Waals surface area contributed by atoms with E-state index in [1.807, 2.05) is 18.2 Å². The highest BCUT2D eigenvalue weighted by Crippen LogP contribution is 2.42. The van der Waals surface area contributed by atoms with Crippen LogP contribution in [0.5, 0.6) is 0 Å². The van der Waals surface area contributed by atoms with Gasteiger partial charge in [-0.2, -0.15) is 0 Å². The Bertz CT molecular complexity index is 773. The van der Waals surface area contributed by atoms with Crippen LogP contribution in [0.25, 0.3) is 0 Å². The molecule has 1 aliphatic rings. The number of benzene rings is 3. The summed E-state index contributed by atoms with van der Waals surface area (Å²) in [5.41, 5.74) is 2.96. The quantitative estimate of drug-likeness (QED) is 0.690. The molecule has 0 bridgehead atoms. The summed E-state index contributed by atoms with van der Waals surface area (Å²) in [6.45, 7) is 0. The molecule has 1 heterocycles. The number of nitrogens with zero attached hydrogens (tertiary/aromatic N) is 1. The van der Waals surface area contributed by atoms with Gasteiger partial charge in [0.1, 0.15) is 6.04 Å². The summed E-state index contributed by atoms with van der Waals surface area (Å²) in [5, 5.41) is 0. The molecule has 1 aliphatic heterocycles. The van der Waals surface area contributed by atoms with Gasteiger partial charge in [0.15, 0.2) is 12.0 Å². The van der Waals surface area contributed by atoms with Crippen LogP contribution in [-0.2, 0) is 16.8 Å². The van der Waals surface area contributed by atoms with Crippen LogP contribution in [0.4, 0.5) is 0 Å². The van der Waals surface area contributed by atoms with Gasteiger partial charge in [0.25, 0.3) is 0 Å². The van der Waals surface area contributed by atoms with Crippen molar-refractivity contribution < 1.29 is 4.74 Å².